The first-order valence-corrected chi connectivity index (χ1v) is 13.4. The number of ether oxygens (including phenoxy) is 2. The van der Waals surface area contributed by atoms with Crippen molar-refractivity contribution >= 4 is 28.3 Å². The Kier molecular flexibility index (Phi) is 10.2. The van der Waals surface area contributed by atoms with E-state index in [0.717, 1.165) is 22.1 Å². The van der Waals surface area contributed by atoms with Gasteiger partial charge in [0, 0.05) is 12.3 Å². The number of aliphatic hydroxyl groups excluding tert-OH is 1. The highest BCUT2D eigenvalue weighted by Crippen LogP contribution is 2.33. The van der Waals surface area contributed by atoms with Gasteiger partial charge in [-0.1, -0.05) is 75.8 Å². The van der Waals surface area contributed by atoms with E-state index in [0.29, 0.717) is 18.0 Å². The molecule has 0 aliphatic heterocycles. The monoisotopic (exact) mass is 579 g/mol. The average Bonchev–Trinajstić information content (AvgIpc) is 3.33. The second kappa shape index (κ2) is 13.1. The van der Waals surface area contributed by atoms with Crippen LogP contribution < -0.4 is 20.1 Å². The predicted octanol–water partition coefficient (Wildman–Crippen LogP) is 5.92. The van der Waals surface area contributed by atoms with E-state index in [1.54, 1.807) is 33.0 Å². The molecular weight excluding hydrogens is 547 g/mol. The number of benzene rings is 2. The summed E-state index contributed by atoms with van der Waals surface area (Å²) in [6, 6.07) is 11.7. The molecule has 0 fully saturated rings. The summed E-state index contributed by atoms with van der Waals surface area (Å²) in [6.45, 7) is 7.13. The molecule has 0 radical (unpaired) electrons. The molecule has 0 aliphatic carbocycles. The van der Waals surface area contributed by atoms with Crippen LogP contribution in [0, 0.1) is 5.41 Å². The van der Waals surface area contributed by atoms with Gasteiger partial charge in [-0.2, -0.15) is 0 Å². The summed E-state index contributed by atoms with van der Waals surface area (Å²) >= 11 is 1.22. The number of alkyl halides is 3. The first-order chi connectivity index (χ1) is 18.8. The van der Waals surface area contributed by atoms with E-state index in [1.165, 1.54) is 29.5 Å². The Morgan fingerprint density at radius 2 is 1.75 bits per heavy atom. The molecule has 3 aromatic rings. The zero-order valence-corrected chi connectivity index (χ0v) is 23.4. The number of hydrogen-bond donors (Lipinski definition) is 3. The molecule has 216 valence electrons. The number of rotatable bonds is 11. The van der Waals surface area contributed by atoms with Crippen molar-refractivity contribution in [2.75, 3.05) is 5.32 Å². The fourth-order valence-electron chi connectivity index (χ4n) is 3.66. The zero-order chi connectivity index (χ0) is 29.5. The Balaban J connectivity index is 1.69. The van der Waals surface area contributed by atoms with Gasteiger partial charge in [-0.15, -0.1) is 13.2 Å². The predicted molar refractivity (Wildman–Crippen MR) is 146 cm³/mol. The summed E-state index contributed by atoms with van der Waals surface area (Å²) in [5, 5.41) is 15.9. The second-order valence-corrected chi connectivity index (χ2v) is 11.1. The molecule has 2 aromatic carbocycles. The number of carbonyl (C=O) groups excluding carboxylic acids is 2. The number of anilines is 1. The minimum atomic E-state index is -4.81. The van der Waals surface area contributed by atoms with Crippen molar-refractivity contribution in [1.29, 1.82) is 0 Å². The van der Waals surface area contributed by atoms with E-state index < -0.39 is 35.7 Å². The normalized spacial score (nSPS) is 13.3. The quantitative estimate of drug-likeness (QED) is 0.260. The molecule has 40 heavy (non-hydrogen) atoms. The van der Waals surface area contributed by atoms with Gasteiger partial charge < -0.3 is 25.2 Å². The Labute approximate surface area is 234 Å². The number of amides is 2. The number of hydrogen-bond acceptors (Lipinski definition) is 7. The number of halogens is 3. The molecule has 2 atom stereocenters. The lowest BCUT2D eigenvalue weighted by Gasteiger charge is -2.26. The maximum Gasteiger partial charge on any atom is 0.573 e. The highest BCUT2D eigenvalue weighted by atomic mass is 32.1. The van der Waals surface area contributed by atoms with Crippen molar-refractivity contribution in [3.05, 3.63) is 60.3 Å². The number of nitrogens with zero attached hydrogens (tertiary/aromatic N) is 1. The van der Waals surface area contributed by atoms with E-state index in [1.807, 2.05) is 25.1 Å². The van der Waals surface area contributed by atoms with E-state index in [-0.39, 0.29) is 18.1 Å². The number of aromatic nitrogens is 1. The Bertz CT molecular complexity index is 1310. The molecule has 0 unspecified atom stereocenters. The first kappa shape index (κ1) is 30.9. The van der Waals surface area contributed by atoms with Crippen molar-refractivity contribution in [3.8, 4) is 21.9 Å². The third kappa shape index (κ3) is 8.95. The van der Waals surface area contributed by atoms with Crippen molar-refractivity contribution in [3.63, 3.8) is 0 Å². The largest absolute Gasteiger partial charge is 0.573 e. The lowest BCUT2D eigenvalue weighted by atomic mass is 9.88. The molecule has 3 rings (SSSR count). The lowest BCUT2D eigenvalue weighted by Crippen LogP contribution is -2.50. The molecule has 12 heteroatoms. The summed E-state index contributed by atoms with van der Waals surface area (Å²) in [6.07, 6.45) is -3.48. The van der Waals surface area contributed by atoms with Crippen molar-refractivity contribution in [1.82, 2.24) is 10.3 Å². The minimum absolute atomic E-state index is 0.0615. The standard InChI is InChI=1S/C28H32F3N3O5S/c1-5-9-21(33-25(37)23(35)27(2,3)4)24(36)34-26-32-15-22(40-26)20-13-7-6-10-17(20)16-38-18-11-8-12-19(14-18)39-28(29,30)31/h6-8,10-15,21,23,35H,5,9,16H2,1-4H3,(H,33,37)(H,32,34,36)/t21-,23+/m0/s1. The van der Waals surface area contributed by atoms with Gasteiger partial charge in [-0.3, -0.25) is 9.59 Å². The van der Waals surface area contributed by atoms with Gasteiger partial charge in [0.15, 0.2) is 5.13 Å². The summed E-state index contributed by atoms with van der Waals surface area (Å²) in [5.41, 5.74) is 0.839. The molecule has 0 bridgehead atoms. The van der Waals surface area contributed by atoms with Gasteiger partial charge >= 0.3 is 6.36 Å². The van der Waals surface area contributed by atoms with Crippen LogP contribution in [0.2, 0.25) is 0 Å². The highest BCUT2D eigenvalue weighted by molar-refractivity contribution is 7.19. The average molecular weight is 580 g/mol. The highest BCUT2D eigenvalue weighted by Gasteiger charge is 2.32. The lowest BCUT2D eigenvalue weighted by molar-refractivity contribution is -0.274. The van der Waals surface area contributed by atoms with Crippen LogP contribution in [0.5, 0.6) is 11.5 Å². The minimum Gasteiger partial charge on any atom is -0.489 e. The summed E-state index contributed by atoms with van der Waals surface area (Å²) in [5.74, 6) is -1.25. The molecule has 2 amide bonds. The van der Waals surface area contributed by atoms with Crippen molar-refractivity contribution < 1.29 is 37.3 Å². The van der Waals surface area contributed by atoms with Crippen LogP contribution in [0.4, 0.5) is 18.3 Å². The van der Waals surface area contributed by atoms with E-state index in [2.05, 4.69) is 20.4 Å². The van der Waals surface area contributed by atoms with Crippen molar-refractivity contribution in [2.24, 2.45) is 5.41 Å². The maximum atomic E-state index is 13.0. The van der Waals surface area contributed by atoms with E-state index >= 15 is 0 Å². The molecule has 0 aliphatic rings. The molecule has 0 spiro atoms. The summed E-state index contributed by atoms with van der Waals surface area (Å²) < 4.78 is 47.3. The Morgan fingerprint density at radius 3 is 2.42 bits per heavy atom. The molecule has 1 heterocycles. The van der Waals surface area contributed by atoms with Gasteiger partial charge in [0.25, 0.3) is 0 Å². The van der Waals surface area contributed by atoms with Crippen LogP contribution in [-0.4, -0.2) is 40.4 Å². The van der Waals surface area contributed by atoms with Crippen LogP contribution in [0.1, 0.15) is 46.1 Å². The van der Waals surface area contributed by atoms with Crippen LogP contribution in [0.3, 0.4) is 0 Å². The van der Waals surface area contributed by atoms with Gasteiger partial charge in [-0.25, -0.2) is 4.98 Å². The van der Waals surface area contributed by atoms with E-state index in [4.69, 9.17) is 4.74 Å². The summed E-state index contributed by atoms with van der Waals surface area (Å²) in [7, 11) is 0. The van der Waals surface area contributed by atoms with Crippen LogP contribution in [0.15, 0.2) is 54.7 Å². The molecule has 1 aromatic heterocycles. The molecule has 8 nitrogen and oxygen atoms in total. The smallest absolute Gasteiger partial charge is 0.489 e. The first-order valence-electron chi connectivity index (χ1n) is 12.6. The molecule has 3 N–H and O–H groups in total. The number of carbonyl (C=O) groups is 2. The third-order valence-corrected chi connectivity index (χ3v) is 6.68. The van der Waals surface area contributed by atoms with Gasteiger partial charge in [-0.05, 0) is 35.1 Å². The Morgan fingerprint density at radius 1 is 1.05 bits per heavy atom. The number of nitrogens with one attached hydrogen (secondary N) is 2. The van der Waals surface area contributed by atoms with Gasteiger partial charge in [0.05, 0.1) is 4.88 Å². The van der Waals surface area contributed by atoms with Crippen molar-refractivity contribution in [2.45, 2.75) is 65.7 Å². The van der Waals surface area contributed by atoms with Crippen LogP contribution in [-0.2, 0) is 16.2 Å². The maximum absolute atomic E-state index is 13.0. The topological polar surface area (TPSA) is 110 Å². The fourth-order valence-corrected chi connectivity index (χ4v) is 4.54. The SMILES string of the molecule is CCC[C@H](NC(=O)[C@@H](O)C(C)(C)C)C(=O)Nc1ncc(-c2ccccc2COc2cccc(OC(F)(F)F)c2)s1. The van der Waals surface area contributed by atoms with Crippen LogP contribution in [0.25, 0.3) is 10.4 Å². The number of thiazole rings is 1. The van der Waals surface area contributed by atoms with E-state index in [9.17, 15) is 27.9 Å². The summed E-state index contributed by atoms with van der Waals surface area (Å²) in [4.78, 5) is 30.5. The Hall–Kier alpha value is -3.64. The molecule has 0 saturated carbocycles. The second-order valence-electron chi connectivity index (χ2n) is 10.1. The van der Waals surface area contributed by atoms with Gasteiger partial charge in [0.2, 0.25) is 11.8 Å². The fraction of sp³-hybridized carbons (Fsp3) is 0.393. The number of aliphatic hydroxyl groups is 1. The van der Waals surface area contributed by atoms with Gasteiger partial charge in [0.1, 0.15) is 30.3 Å². The van der Waals surface area contributed by atoms with Crippen LogP contribution >= 0.6 is 11.3 Å². The third-order valence-electron chi connectivity index (χ3n) is 5.73. The molecular formula is C28H32F3N3O5S. The molecule has 0 saturated heterocycles. The zero-order valence-electron chi connectivity index (χ0n) is 22.5.